The zero-order chi connectivity index (χ0) is 10.1. The molecule has 0 aliphatic rings. The average Bonchev–Trinajstić information content (AvgIpc) is 2.04. The predicted molar refractivity (Wildman–Crippen MR) is 59.7 cm³/mol. The van der Waals surface area contributed by atoms with Gasteiger partial charge in [-0.1, -0.05) is 29.7 Å². The fourth-order valence-electron chi connectivity index (χ4n) is 1.05. The first-order valence-corrected chi connectivity index (χ1v) is 4.04. The molecule has 5 N–H and O–H groups in total. The monoisotopic (exact) mass is 210 g/mol. The van der Waals surface area contributed by atoms with Crippen LogP contribution in [0.25, 0.3) is 0 Å². The first kappa shape index (κ1) is 16.1. The fourth-order valence-corrected chi connectivity index (χ4v) is 1.05. The van der Waals surface area contributed by atoms with Gasteiger partial charge >= 0.3 is 5.97 Å². The molecule has 4 nitrogen and oxygen atoms in total. The van der Waals surface area contributed by atoms with Crippen LogP contribution in [0.4, 0.5) is 0 Å². The molecule has 5 heteroatoms. The topological polar surface area (TPSA) is 100 Å². The molecule has 0 saturated heterocycles. The van der Waals surface area contributed by atoms with Crippen LogP contribution in [0.5, 0.6) is 0 Å². The molecule has 0 fully saturated rings. The molecule has 0 heterocycles. The minimum Gasteiger partial charge on any atom is -0.481 e. The van der Waals surface area contributed by atoms with Gasteiger partial charge in [-0.3, -0.25) is 4.79 Å². The number of carbonyl (C=O) groups is 1. The quantitative estimate of drug-likeness (QED) is 0.645. The third-order valence-electron chi connectivity index (χ3n) is 2.14. The molecule has 0 unspecified atom stereocenters. The Morgan fingerprint density at radius 2 is 1.87 bits per heavy atom. The Morgan fingerprint density at radius 3 is 2.27 bits per heavy atom. The largest absolute Gasteiger partial charge is 0.481 e. The van der Waals surface area contributed by atoms with Crippen molar-refractivity contribution in [3.8, 4) is 0 Å². The minimum absolute atomic E-state index is 0. The molecular formula is C10H15BO4. The van der Waals surface area contributed by atoms with Gasteiger partial charge in [0.05, 0.1) is 5.41 Å². The minimum atomic E-state index is -0.880. The van der Waals surface area contributed by atoms with Crippen molar-refractivity contribution in [2.24, 2.45) is 0 Å². The van der Waals surface area contributed by atoms with Gasteiger partial charge in [0.25, 0.3) is 0 Å². The van der Waals surface area contributed by atoms with Crippen molar-refractivity contribution in [2.45, 2.75) is 19.3 Å². The van der Waals surface area contributed by atoms with E-state index < -0.39 is 11.4 Å². The molecule has 15 heavy (non-hydrogen) atoms. The number of benzene rings is 1. The Morgan fingerprint density at radius 1 is 1.33 bits per heavy atom. The molecule has 1 aromatic carbocycles. The molecule has 0 aromatic heterocycles. The van der Waals surface area contributed by atoms with Crippen LogP contribution in [0.1, 0.15) is 19.4 Å². The van der Waals surface area contributed by atoms with Gasteiger partial charge in [0, 0.05) is 0 Å². The van der Waals surface area contributed by atoms with Gasteiger partial charge in [-0.25, -0.2) is 0 Å². The van der Waals surface area contributed by atoms with Gasteiger partial charge in [0.1, 0.15) is 7.85 Å². The Bertz CT molecular complexity index is 336. The highest BCUT2D eigenvalue weighted by atomic mass is 16.4. The molecule has 1 aromatic rings. The molecule has 0 aliphatic carbocycles. The second kappa shape index (κ2) is 5.53. The van der Waals surface area contributed by atoms with E-state index in [4.69, 9.17) is 13.0 Å². The summed E-state index contributed by atoms with van der Waals surface area (Å²) in [7, 11) is 5.56. The van der Waals surface area contributed by atoms with E-state index in [2.05, 4.69) is 0 Å². The first-order valence-electron chi connectivity index (χ1n) is 4.04. The van der Waals surface area contributed by atoms with Crippen molar-refractivity contribution in [3.63, 3.8) is 0 Å². The van der Waals surface area contributed by atoms with E-state index >= 15 is 0 Å². The van der Waals surface area contributed by atoms with Crippen molar-refractivity contribution in [1.29, 1.82) is 0 Å². The molecule has 0 aliphatic heterocycles. The lowest BCUT2D eigenvalue weighted by atomic mass is 9.81. The number of hydrogen-bond acceptors (Lipinski definition) is 1. The molecule has 2 radical (unpaired) electrons. The lowest BCUT2D eigenvalue weighted by molar-refractivity contribution is -0.142. The Kier molecular flexibility index (Phi) is 5.94. The van der Waals surface area contributed by atoms with Gasteiger partial charge in [-0.05, 0) is 19.4 Å². The van der Waals surface area contributed by atoms with Crippen molar-refractivity contribution in [1.82, 2.24) is 0 Å². The highest BCUT2D eigenvalue weighted by Crippen LogP contribution is 2.21. The molecule has 82 valence electrons. The van der Waals surface area contributed by atoms with Crippen LogP contribution in [0.2, 0.25) is 0 Å². The molecule has 0 atom stereocenters. The summed E-state index contributed by atoms with van der Waals surface area (Å²) in [6, 6.07) is 6.95. The van der Waals surface area contributed by atoms with Crippen LogP contribution < -0.4 is 5.46 Å². The zero-order valence-corrected chi connectivity index (χ0v) is 8.74. The molecule has 1 rings (SSSR count). The number of carboxylic acids is 1. The van der Waals surface area contributed by atoms with E-state index in [9.17, 15) is 4.79 Å². The summed E-state index contributed by atoms with van der Waals surface area (Å²) in [5.41, 5.74) is 0.432. The molecule has 0 bridgehead atoms. The van der Waals surface area contributed by atoms with Crippen molar-refractivity contribution < 1.29 is 20.9 Å². The second-order valence-corrected chi connectivity index (χ2v) is 3.56. The Balaban J connectivity index is 0. The molecule has 0 saturated carbocycles. The van der Waals surface area contributed by atoms with Crippen LogP contribution in [-0.2, 0) is 10.2 Å². The SMILES string of the molecule is O.O.[B]c1cccc(C(C)(C)C(=O)O)c1. The van der Waals surface area contributed by atoms with E-state index in [0.29, 0.717) is 5.46 Å². The highest BCUT2D eigenvalue weighted by molar-refractivity contribution is 6.32. The standard InChI is InChI=1S/C10H11BO2.2H2O/c1-10(2,9(12)13)7-4-3-5-8(11)6-7;;/h3-6H,1-2H3,(H,12,13);2*1H2. The number of carboxylic acid groups (broad SMARTS) is 1. The van der Waals surface area contributed by atoms with Crippen LogP contribution in [0.3, 0.4) is 0 Å². The second-order valence-electron chi connectivity index (χ2n) is 3.56. The summed E-state index contributed by atoms with van der Waals surface area (Å²) >= 11 is 0. The normalized spacial score (nSPS) is 9.73. The number of rotatable bonds is 2. The van der Waals surface area contributed by atoms with E-state index in [1.165, 1.54) is 0 Å². The maximum absolute atomic E-state index is 10.9. The third kappa shape index (κ3) is 3.38. The summed E-state index contributed by atoms with van der Waals surface area (Å²) in [6.07, 6.45) is 0. The predicted octanol–water partition coefficient (Wildman–Crippen LogP) is -0.807. The summed E-state index contributed by atoms with van der Waals surface area (Å²) in [4.78, 5) is 10.9. The van der Waals surface area contributed by atoms with Gasteiger partial charge < -0.3 is 16.1 Å². The van der Waals surface area contributed by atoms with E-state index in [-0.39, 0.29) is 11.0 Å². The van der Waals surface area contributed by atoms with Crippen molar-refractivity contribution in [2.75, 3.05) is 0 Å². The maximum atomic E-state index is 10.9. The lowest BCUT2D eigenvalue weighted by Gasteiger charge is -2.19. The summed E-state index contributed by atoms with van der Waals surface area (Å²) in [6.45, 7) is 3.31. The van der Waals surface area contributed by atoms with Crippen molar-refractivity contribution in [3.05, 3.63) is 29.8 Å². The average molecular weight is 210 g/mol. The number of aliphatic carboxylic acids is 1. The summed E-state index contributed by atoms with van der Waals surface area (Å²) in [5.74, 6) is -0.849. The van der Waals surface area contributed by atoms with Crippen molar-refractivity contribution >= 4 is 19.3 Å². The van der Waals surface area contributed by atoms with E-state index in [1.54, 1.807) is 38.1 Å². The maximum Gasteiger partial charge on any atom is 0.313 e. The van der Waals surface area contributed by atoms with Crippen LogP contribution in [0.15, 0.2) is 24.3 Å². The van der Waals surface area contributed by atoms with Crippen LogP contribution in [-0.4, -0.2) is 29.9 Å². The van der Waals surface area contributed by atoms with Gasteiger partial charge in [-0.15, -0.1) is 0 Å². The Labute approximate surface area is 90.0 Å². The van der Waals surface area contributed by atoms with Gasteiger partial charge in [-0.2, -0.15) is 0 Å². The Hall–Kier alpha value is -1.33. The summed E-state index contributed by atoms with van der Waals surface area (Å²) < 4.78 is 0. The van der Waals surface area contributed by atoms with Gasteiger partial charge in [0.2, 0.25) is 0 Å². The van der Waals surface area contributed by atoms with E-state index in [1.807, 2.05) is 0 Å². The first-order chi connectivity index (χ1) is 5.94. The highest BCUT2D eigenvalue weighted by Gasteiger charge is 2.28. The van der Waals surface area contributed by atoms with E-state index in [0.717, 1.165) is 5.56 Å². The molecular weight excluding hydrogens is 195 g/mol. The van der Waals surface area contributed by atoms with Gasteiger partial charge in [0.15, 0.2) is 0 Å². The molecule has 0 spiro atoms. The number of hydrogen-bond donors (Lipinski definition) is 1. The van der Waals surface area contributed by atoms with Crippen LogP contribution >= 0.6 is 0 Å². The fraction of sp³-hybridized carbons (Fsp3) is 0.300. The third-order valence-corrected chi connectivity index (χ3v) is 2.14. The smallest absolute Gasteiger partial charge is 0.313 e. The lowest BCUT2D eigenvalue weighted by Crippen LogP contribution is -2.29. The van der Waals surface area contributed by atoms with Crippen LogP contribution in [0, 0.1) is 0 Å². The molecule has 0 amide bonds. The zero-order valence-electron chi connectivity index (χ0n) is 8.74. The summed E-state index contributed by atoms with van der Waals surface area (Å²) in [5, 5.41) is 8.94.